The first-order valence-corrected chi connectivity index (χ1v) is 12.6. The van der Waals surface area contributed by atoms with Crippen molar-refractivity contribution in [3.8, 4) is 0 Å². The largest absolute Gasteiger partial charge is 0.359 e. The van der Waals surface area contributed by atoms with Crippen LogP contribution in [0.3, 0.4) is 0 Å². The third-order valence-corrected chi connectivity index (χ3v) is 8.05. The molecule has 31 heavy (non-hydrogen) atoms. The van der Waals surface area contributed by atoms with Crippen molar-refractivity contribution in [2.24, 2.45) is 0 Å². The Hall–Kier alpha value is -2.62. The molecule has 2 aromatic carbocycles. The monoisotopic (exact) mass is 478 g/mol. The van der Waals surface area contributed by atoms with Crippen molar-refractivity contribution in [1.82, 2.24) is 4.98 Å². The molecular formula is C21H23ClN4O3S2. The molecule has 0 saturated carbocycles. The number of nitrogens with zero attached hydrogens (tertiary/aromatic N) is 3. The van der Waals surface area contributed by atoms with Crippen molar-refractivity contribution in [2.75, 3.05) is 27.6 Å². The second kappa shape index (κ2) is 7.81. The molecule has 1 saturated heterocycles. The van der Waals surface area contributed by atoms with Crippen molar-refractivity contribution >= 4 is 55.4 Å². The molecule has 10 heteroatoms. The first kappa shape index (κ1) is 20.3. The van der Waals surface area contributed by atoms with Gasteiger partial charge in [-0.3, -0.25) is 9.52 Å². The van der Waals surface area contributed by atoms with Gasteiger partial charge >= 0.3 is 0 Å². The average molecular weight is 479 g/mol. The third-order valence-electron chi connectivity index (χ3n) is 5.64. The van der Waals surface area contributed by atoms with Crippen molar-refractivity contribution in [2.45, 2.75) is 23.8 Å². The number of anilines is 3. The van der Waals surface area contributed by atoms with Crippen LogP contribution in [0, 0.1) is 0 Å². The van der Waals surface area contributed by atoms with Gasteiger partial charge in [0.25, 0.3) is 10.0 Å². The van der Waals surface area contributed by atoms with E-state index in [1.165, 1.54) is 35.2 Å². The van der Waals surface area contributed by atoms with Gasteiger partial charge in [-0.25, -0.2) is 13.4 Å². The maximum Gasteiger partial charge on any atom is 0.263 e. The minimum atomic E-state index is -3.72. The van der Waals surface area contributed by atoms with Crippen LogP contribution in [0.5, 0.6) is 0 Å². The number of fused-ring (bicyclic) bond motifs is 1. The number of hydrogen-bond donors (Lipinski definition) is 1. The van der Waals surface area contributed by atoms with Crippen molar-refractivity contribution in [3.63, 3.8) is 0 Å². The van der Waals surface area contributed by atoms with E-state index in [4.69, 9.17) is 11.6 Å². The summed E-state index contributed by atoms with van der Waals surface area (Å²) >= 11 is 7.31. The van der Waals surface area contributed by atoms with E-state index >= 15 is 0 Å². The van der Waals surface area contributed by atoms with Gasteiger partial charge in [-0.05, 0) is 60.9 Å². The summed E-state index contributed by atoms with van der Waals surface area (Å²) in [6.07, 6.45) is 3.12. The summed E-state index contributed by atoms with van der Waals surface area (Å²) in [5.41, 5.74) is 2.93. The number of carbonyl (C=O) groups excluding carboxylic acids is 1. The first-order valence-electron chi connectivity index (χ1n) is 9.81. The highest BCUT2D eigenvalue weighted by molar-refractivity contribution is 7.93. The summed E-state index contributed by atoms with van der Waals surface area (Å²) in [4.78, 5) is 21.1. The highest BCUT2D eigenvalue weighted by atomic mass is 35.5. The van der Waals surface area contributed by atoms with Crippen LogP contribution < -0.4 is 14.5 Å². The Morgan fingerprint density at radius 2 is 1.97 bits per heavy atom. The number of amides is 1. The molecule has 1 atom stereocenters. The number of nitrogens with one attached hydrogen (secondary N) is 1. The molecule has 2 aliphatic rings. The molecule has 0 bridgehead atoms. The molecule has 7 nitrogen and oxygen atoms in total. The van der Waals surface area contributed by atoms with Gasteiger partial charge in [0.15, 0.2) is 5.13 Å². The van der Waals surface area contributed by atoms with Crippen LogP contribution in [0.15, 0.2) is 58.9 Å². The Morgan fingerprint density at radius 3 is 2.71 bits per heavy atom. The number of carbonyl (C=O) groups is 1. The predicted octanol–water partition coefficient (Wildman–Crippen LogP) is 4.26. The molecule has 1 amide bonds. The van der Waals surface area contributed by atoms with Crippen LogP contribution in [-0.4, -0.2) is 38.4 Å². The molecule has 0 unspecified atom stereocenters. The molecule has 1 fully saturated rings. The summed E-state index contributed by atoms with van der Waals surface area (Å²) < 4.78 is 27.5. The molecule has 2 aliphatic heterocycles. The maximum atomic E-state index is 13.2. The minimum Gasteiger partial charge on any atom is -0.359 e. The lowest BCUT2D eigenvalue weighted by Crippen LogP contribution is -2.41. The van der Waals surface area contributed by atoms with E-state index in [1.807, 2.05) is 18.2 Å². The van der Waals surface area contributed by atoms with Crippen LogP contribution in [0.4, 0.5) is 16.5 Å². The fourth-order valence-electron chi connectivity index (χ4n) is 4.18. The van der Waals surface area contributed by atoms with Crippen LogP contribution >= 0.6 is 22.9 Å². The molecular weight excluding hydrogens is 456 g/mol. The standard InChI is InChI=1S/C21H19ClN4O3S2.2H2/c22-15-1-6-18-14(13-15)7-10-26(18)19-8-11-25(20(19)27)16-2-4-17(5-3-16)31(28,29)24-21-23-9-12-30-21;;/h1-6,9,12-13,19H,7-8,10-11H2,(H,23,24);2*1H/t19-;;/m1../s1. The zero-order valence-corrected chi connectivity index (χ0v) is 18.8. The van der Waals surface area contributed by atoms with Crippen LogP contribution in [0.2, 0.25) is 5.02 Å². The van der Waals surface area contributed by atoms with Gasteiger partial charge in [0.05, 0.1) is 4.90 Å². The van der Waals surface area contributed by atoms with Gasteiger partial charge in [0, 0.05) is 43.9 Å². The lowest BCUT2D eigenvalue weighted by atomic mass is 10.1. The summed E-state index contributed by atoms with van der Waals surface area (Å²) in [7, 11) is -3.72. The second-order valence-corrected chi connectivity index (χ2v) is 10.5. The predicted molar refractivity (Wildman–Crippen MR) is 127 cm³/mol. The molecule has 1 aromatic heterocycles. The maximum absolute atomic E-state index is 13.2. The van der Waals surface area contributed by atoms with Crippen LogP contribution in [0.1, 0.15) is 14.8 Å². The van der Waals surface area contributed by atoms with Crippen LogP contribution in [-0.2, 0) is 21.2 Å². The molecule has 3 aromatic rings. The van der Waals surface area contributed by atoms with Crippen molar-refractivity contribution < 1.29 is 16.1 Å². The second-order valence-electron chi connectivity index (χ2n) is 7.45. The Bertz CT molecular complexity index is 1240. The van der Waals surface area contributed by atoms with Crippen molar-refractivity contribution in [1.29, 1.82) is 0 Å². The van der Waals surface area contributed by atoms with Gasteiger partial charge in [0.2, 0.25) is 5.91 Å². The number of rotatable bonds is 5. The lowest BCUT2D eigenvalue weighted by molar-refractivity contribution is -0.118. The normalized spacial score (nSPS) is 18.5. The number of halogens is 1. The van der Waals surface area contributed by atoms with E-state index in [0.717, 1.165) is 18.7 Å². The van der Waals surface area contributed by atoms with E-state index in [0.29, 0.717) is 28.8 Å². The number of benzene rings is 2. The Balaban J connectivity index is 0.00000153. The highest BCUT2D eigenvalue weighted by Crippen LogP contribution is 2.35. The van der Waals surface area contributed by atoms with E-state index in [9.17, 15) is 13.2 Å². The lowest BCUT2D eigenvalue weighted by Gasteiger charge is -2.26. The highest BCUT2D eigenvalue weighted by Gasteiger charge is 2.39. The fraction of sp³-hybridized carbons (Fsp3) is 0.238. The molecule has 5 rings (SSSR count). The smallest absolute Gasteiger partial charge is 0.263 e. The van der Waals surface area contributed by atoms with E-state index in [2.05, 4.69) is 14.6 Å². The number of sulfonamides is 1. The van der Waals surface area contributed by atoms with Crippen molar-refractivity contribution in [3.05, 3.63) is 64.6 Å². The molecule has 0 spiro atoms. The zero-order chi connectivity index (χ0) is 21.6. The quantitative estimate of drug-likeness (QED) is 0.592. The summed E-state index contributed by atoms with van der Waals surface area (Å²) in [5, 5.41) is 2.72. The molecule has 164 valence electrons. The zero-order valence-electron chi connectivity index (χ0n) is 16.4. The van der Waals surface area contributed by atoms with Gasteiger partial charge in [0.1, 0.15) is 6.04 Å². The molecule has 3 heterocycles. The SMILES string of the molecule is O=C1[C@H](N2CCc3cc(Cl)ccc32)CCN1c1ccc(S(=O)(=O)Nc2nccs2)cc1.[HH].[HH]. The first-order chi connectivity index (χ1) is 14.9. The summed E-state index contributed by atoms with van der Waals surface area (Å²) in [6.45, 7) is 1.38. The van der Waals surface area contributed by atoms with Gasteiger partial charge in [-0.15, -0.1) is 11.3 Å². The Morgan fingerprint density at radius 1 is 1.16 bits per heavy atom. The van der Waals surface area contributed by atoms with E-state index in [1.54, 1.807) is 22.4 Å². The Kier molecular flexibility index (Phi) is 5.11. The van der Waals surface area contributed by atoms with E-state index in [-0.39, 0.29) is 19.7 Å². The number of hydrogen-bond acceptors (Lipinski definition) is 6. The minimum absolute atomic E-state index is 0. The number of thiazole rings is 1. The fourth-order valence-corrected chi connectivity index (χ4v) is 6.17. The molecule has 0 aliphatic carbocycles. The number of aromatic nitrogens is 1. The molecule has 0 radical (unpaired) electrons. The topological polar surface area (TPSA) is 82.6 Å². The van der Waals surface area contributed by atoms with E-state index < -0.39 is 10.0 Å². The molecule has 1 N–H and O–H groups in total. The van der Waals surface area contributed by atoms with Gasteiger partial charge < -0.3 is 9.80 Å². The summed E-state index contributed by atoms with van der Waals surface area (Å²) in [6, 6.07) is 12.0. The van der Waals surface area contributed by atoms with Crippen LogP contribution in [0.25, 0.3) is 0 Å². The Labute approximate surface area is 192 Å². The third kappa shape index (κ3) is 3.77. The summed E-state index contributed by atoms with van der Waals surface area (Å²) in [5.74, 6) is 0.0271. The van der Waals surface area contributed by atoms with Gasteiger partial charge in [-0.1, -0.05) is 11.6 Å². The van der Waals surface area contributed by atoms with Gasteiger partial charge in [-0.2, -0.15) is 0 Å². The average Bonchev–Trinajstić information content (AvgIpc) is 3.48.